The van der Waals surface area contributed by atoms with Gasteiger partial charge in [-0.3, -0.25) is 0 Å². The van der Waals surface area contributed by atoms with Crippen molar-refractivity contribution in [3.05, 3.63) is 12.0 Å². The smallest absolute Gasteiger partial charge is 0.272 e. The molecule has 1 rings (SSSR count). The van der Waals surface area contributed by atoms with E-state index >= 15 is 0 Å². The van der Waals surface area contributed by atoms with Gasteiger partial charge in [0.25, 0.3) is 5.95 Å². The van der Waals surface area contributed by atoms with E-state index in [1.807, 2.05) is 6.92 Å². The lowest BCUT2D eigenvalue weighted by Crippen LogP contribution is -2.27. The Labute approximate surface area is 61.5 Å². The van der Waals surface area contributed by atoms with Crippen molar-refractivity contribution in [1.29, 1.82) is 0 Å². The summed E-state index contributed by atoms with van der Waals surface area (Å²) in [4.78, 5) is 0. The molecule has 0 aromatic heterocycles. The van der Waals surface area contributed by atoms with Gasteiger partial charge in [0.15, 0.2) is 0 Å². The standard InChI is InChI=1S/C8H14O2/c1-5-4-8(9)10-7(3)6(5)2/h4-7,9H,1-3H3/t5-,6+,7-/m0/s1. The number of rotatable bonds is 0. The number of hydrogen-bond donors (Lipinski definition) is 1. The van der Waals surface area contributed by atoms with Crippen LogP contribution < -0.4 is 0 Å². The second-order valence-corrected chi connectivity index (χ2v) is 3.05. The van der Waals surface area contributed by atoms with E-state index in [9.17, 15) is 0 Å². The van der Waals surface area contributed by atoms with Gasteiger partial charge in [-0.2, -0.15) is 0 Å². The summed E-state index contributed by atoms with van der Waals surface area (Å²) in [6.07, 6.45) is 1.89. The van der Waals surface area contributed by atoms with Crippen LogP contribution in [0.1, 0.15) is 20.8 Å². The van der Waals surface area contributed by atoms with Gasteiger partial charge in [0.05, 0.1) is 0 Å². The third-order valence-electron chi connectivity index (χ3n) is 2.28. The summed E-state index contributed by atoms with van der Waals surface area (Å²) in [5.74, 6) is 0.998. The molecule has 0 saturated heterocycles. The van der Waals surface area contributed by atoms with Crippen molar-refractivity contribution in [2.24, 2.45) is 11.8 Å². The summed E-state index contributed by atoms with van der Waals surface area (Å²) in [5.41, 5.74) is 0. The highest BCUT2D eigenvalue weighted by atomic mass is 16.6. The van der Waals surface area contributed by atoms with Gasteiger partial charge in [-0.1, -0.05) is 13.8 Å². The maximum atomic E-state index is 9.01. The highest BCUT2D eigenvalue weighted by Gasteiger charge is 2.24. The molecule has 1 aliphatic heterocycles. The zero-order chi connectivity index (χ0) is 7.72. The van der Waals surface area contributed by atoms with E-state index in [1.54, 1.807) is 6.08 Å². The van der Waals surface area contributed by atoms with Gasteiger partial charge >= 0.3 is 0 Å². The highest BCUT2D eigenvalue weighted by Crippen LogP contribution is 2.25. The fourth-order valence-corrected chi connectivity index (χ4v) is 1.14. The lowest BCUT2D eigenvalue weighted by atomic mass is 9.90. The van der Waals surface area contributed by atoms with Crippen molar-refractivity contribution in [1.82, 2.24) is 0 Å². The lowest BCUT2D eigenvalue weighted by Gasteiger charge is -2.28. The van der Waals surface area contributed by atoms with Gasteiger partial charge in [0, 0.05) is 0 Å². The van der Waals surface area contributed by atoms with E-state index in [2.05, 4.69) is 13.8 Å². The van der Waals surface area contributed by atoms with E-state index in [0.29, 0.717) is 11.8 Å². The molecule has 0 radical (unpaired) electrons. The predicted molar refractivity (Wildman–Crippen MR) is 39.6 cm³/mol. The third kappa shape index (κ3) is 1.25. The Morgan fingerprint density at radius 3 is 2.50 bits per heavy atom. The molecule has 2 nitrogen and oxygen atoms in total. The second kappa shape index (κ2) is 2.52. The maximum Gasteiger partial charge on any atom is 0.272 e. The van der Waals surface area contributed by atoms with E-state index < -0.39 is 0 Å². The summed E-state index contributed by atoms with van der Waals surface area (Å²) in [6.45, 7) is 6.18. The average molecular weight is 142 g/mol. The monoisotopic (exact) mass is 142 g/mol. The Morgan fingerprint density at radius 1 is 1.40 bits per heavy atom. The molecular formula is C8H14O2. The van der Waals surface area contributed by atoms with Gasteiger partial charge in [-0.15, -0.1) is 0 Å². The number of hydrogen-bond acceptors (Lipinski definition) is 2. The zero-order valence-corrected chi connectivity index (χ0v) is 6.66. The first-order valence-corrected chi connectivity index (χ1v) is 3.68. The summed E-state index contributed by atoms with van der Waals surface area (Å²) >= 11 is 0. The minimum absolute atomic E-state index is 0.0816. The highest BCUT2D eigenvalue weighted by molar-refractivity contribution is 4.95. The minimum atomic E-state index is 0.0816. The van der Waals surface area contributed by atoms with Crippen molar-refractivity contribution in [3.8, 4) is 0 Å². The zero-order valence-electron chi connectivity index (χ0n) is 6.66. The molecule has 0 fully saturated rings. The molecule has 1 heterocycles. The van der Waals surface area contributed by atoms with Crippen LogP contribution in [0.2, 0.25) is 0 Å². The summed E-state index contributed by atoms with van der Waals surface area (Å²) in [5, 5.41) is 9.01. The van der Waals surface area contributed by atoms with E-state index in [-0.39, 0.29) is 12.0 Å². The molecule has 0 spiro atoms. The minimum Gasteiger partial charge on any atom is -0.481 e. The quantitative estimate of drug-likeness (QED) is 0.561. The van der Waals surface area contributed by atoms with Crippen LogP contribution >= 0.6 is 0 Å². The fraction of sp³-hybridized carbons (Fsp3) is 0.750. The molecule has 0 aliphatic carbocycles. The van der Waals surface area contributed by atoms with Crippen LogP contribution in [0.25, 0.3) is 0 Å². The van der Waals surface area contributed by atoms with Crippen LogP contribution in [0.15, 0.2) is 12.0 Å². The molecule has 10 heavy (non-hydrogen) atoms. The molecule has 3 atom stereocenters. The first kappa shape index (κ1) is 7.45. The predicted octanol–water partition coefficient (Wildman–Crippen LogP) is 2.08. The third-order valence-corrected chi connectivity index (χ3v) is 2.28. The van der Waals surface area contributed by atoms with Crippen LogP contribution in [-0.2, 0) is 4.74 Å². The molecule has 0 amide bonds. The van der Waals surface area contributed by atoms with Crippen molar-refractivity contribution in [3.63, 3.8) is 0 Å². The Balaban J connectivity index is 2.69. The van der Waals surface area contributed by atoms with Gasteiger partial charge in [-0.05, 0) is 24.8 Å². The number of allylic oxidation sites excluding steroid dienone is 1. The molecule has 1 N–H and O–H groups in total. The number of aliphatic hydroxyl groups excluding tert-OH is 1. The summed E-state index contributed by atoms with van der Waals surface area (Å²) < 4.78 is 5.09. The van der Waals surface area contributed by atoms with E-state index in [0.717, 1.165) is 0 Å². The first-order valence-electron chi connectivity index (χ1n) is 3.68. The van der Waals surface area contributed by atoms with Crippen molar-refractivity contribution >= 4 is 0 Å². The summed E-state index contributed by atoms with van der Waals surface area (Å²) in [6, 6.07) is 0. The van der Waals surface area contributed by atoms with Crippen LogP contribution in [0.4, 0.5) is 0 Å². The Hall–Kier alpha value is -0.660. The molecule has 0 saturated carbocycles. The topological polar surface area (TPSA) is 29.5 Å². The fourth-order valence-electron chi connectivity index (χ4n) is 1.14. The van der Waals surface area contributed by atoms with Crippen molar-refractivity contribution in [2.45, 2.75) is 26.9 Å². The number of ether oxygens (including phenoxy) is 1. The molecule has 58 valence electrons. The van der Waals surface area contributed by atoms with Crippen molar-refractivity contribution < 1.29 is 9.84 Å². The van der Waals surface area contributed by atoms with Gasteiger partial charge < -0.3 is 9.84 Å². The molecule has 2 heteroatoms. The van der Waals surface area contributed by atoms with Crippen LogP contribution in [0.5, 0.6) is 0 Å². The van der Waals surface area contributed by atoms with E-state index in [1.165, 1.54) is 0 Å². The largest absolute Gasteiger partial charge is 0.481 e. The molecule has 0 bridgehead atoms. The molecule has 1 aliphatic rings. The Morgan fingerprint density at radius 2 is 2.00 bits per heavy atom. The van der Waals surface area contributed by atoms with Gasteiger partial charge in [0.2, 0.25) is 0 Å². The SMILES string of the molecule is C[C@H]1[C@H](C)OC(O)=C[C@@H]1C. The van der Waals surface area contributed by atoms with Crippen LogP contribution in [0, 0.1) is 11.8 Å². The number of aliphatic hydroxyl groups is 1. The van der Waals surface area contributed by atoms with E-state index in [4.69, 9.17) is 9.84 Å². The maximum absolute atomic E-state index is 9.01. The lowest BCUT2D eigenvalue weighted by molar-refractivity contribution is -0.0151. The average Bonchev–Trinajstić information content (AvgIpc) is 1.82. The normalized spacial score (nSPS) is 40.3. The first-order chi connectivity index (χ1) is 4.61. The van der Waals surface area contributed by atoms with Gasteiger partial charge in [-0.25, -0.2) is 0 Å². The van der Waals surface area contributed by atoms with Crippen LogP contribution in [0.3, 0.4) is 0 Å². The molecule has 0 unspecified atom stereocenters. The Bertz CT molecular complexity index is 151. The van der Waals surface area contributed by atoms with Gasteiger partial charge in [0.1, 0.15) is 6.10 Å². The van der Waals surface area contributed by atoms with Crippen LogP contribution in [-0.4, -0.2) is 11.2 Å². The Kier molecular flexibility index (Phi) is 1.88. The molecular weight excluding hydrogens is 128 g/mol. The van der Waals surface area contributed by atoms with Crippen molar-refractivity contribution in [2.75, 3.05) is 0 Å². The second-order valence-electron chi connectivity index (χ2n) is 3.05. The summed E-state index contributed by atoms with van der Waals surface area (Å²) in [7, 11) is 0. The molecule has 0 aromatic carbocycles. The molecule has 0 aromatic rings.